The normalized spacial score (nSPS) is 8.83. The smallest absolute Gasteiger partial charge is 0.113 e. The molecule has 0 aromatic carbocycles. The molecule has 1 N–H and O–H groups in total. The van der Waals surface area contributed by atoms with Crippen LogP contribution in [0.3, 0.4) is 0 Å². The van der Waals surface area contributed by atoms with Crippen molar-refractivity contribution >= 4 is 15.9 Å². The van der Waals surface area contributed by atoms with Gasteiger partial charge in [-0.25, -0.2) is 4.98 Å². The fraction of sp³-hybridized carbons (Fsp3) is 0.222. The van der Waals surface area contributed by atoms with Crippen LogP contribution < -0.4 is 0 Å². The average molecular weight is 226 g/mol. The molecule has 0 aliphatic heterocycles. The molecule has 0 aliphatic rings. The Morgan fingerprint density at radius 3 is 2.92 bits per heavy atom. The van der Waals surface area contributed by atoms with Gasteiger partial charge in [0.1, 0.15) is 5.69 Å². The van der Waals surface area contributed by atoms with Crippen molar-refractivity contribution in [2.75, 3.05) is 6.61 Å². The molecule has 0 fully saturated rings. The van der Waals surface area contributed by atoms with E-state index in [1.807, 2.05) is 12.1 Å². The van der Waals surface area contributed by atoms with Gasteiger partial charge in [-0.05, 0) is 34.0 Å². The molecular weight excluding hydrogens is 218 g/mol. The van der Waals surface area contributed by atoms with Gasteiger partial charge in [-0.15, -0.1) is 0 Å². The monoisotopic (exact) mass is 225 g/mol. The zero-order chi connectivity index (χ0) is 8.81. The van der Waals surface area contributed by atoms with Crippen LogP contribution in [0.25, 0.3) is 0 Å². The Morgan fingerprint density at radius 1 is 1.50 bits per heavy atom. The van der Waals surface area contributed by atoms with Crippen molar-refractivity contribution in [2.24, 2.45) is 0 Å². The van der Waals surface area contributed by atoms with Crippen LogP contribution in [0.1, 0.15) is 12.1 Å². The van der Waals surface area contributed by atoms with Gasteiger partial charge >= 0.3 is 0 Å². The van der Waals surface area contributed by atoms with E-state index >= 15 is 0 Å². The molecule has 0 bridgehead atoms. The standard InChI is InChI=1S/C9H8BrNO/c10-8-4-5-9(11-7-8)3-1-2-6-12/h4-5,7,12H,2,6H2. The van der Waals surface area contributed by atoms with E-state index in [1.165, 1.54) is 0 Å². The van der Waals surface area contributed by atoms with Gasteiger partial charge in [-0.1, -0.05) is 5.92 Å². The fourth-order valence-corrected chi connectivity index (χ4v) is 0.893. The Labute approximate surface area is 79.8 Å². The molecular formula is C9H8BrNO. The summed E-state index contributed by atoms with van der Waals surface area (Å²) in [6.07, 6.45) is 2.20. The first-order valence-electron chi connectivity index (χ1n) is 3.54. The third kappa shape index (κ3) is 3.04. The minimum Gasteiger partial charge on any atom is -0.395 e. The van der Waals surface area contributed by atoms with E-state index in [2.05, 4.69) is 32.8 Å². The predicted octanol–water partition coefficient (Wildman–Crippen LogP) is 1.58. The maximum absolute atomic E-state index is 8.46. The summed E-state index contributed by atoms with van der Waals surface area (Å²) < 4.78 is 0.940. The Bertz CT molecular complexity index is 297. The van der Waals surface area contributed by atoms with E-state index in [1.54, 1.807) is 6.20 Å². The first-order valence-corrected chi connectivity index (χ1v) is 4.33. The van der Waals surface area contributed by atoms with Crippen LogP contribution in [0.4, 0.5) is 0 Å². The molecule has 0 saturated carbocycles. The molecule has 3 heteroatoms. The molecule has 2 nitrogen and oxygen atoms in total. The minimum absolute atomic E-state index is 0.101. The van der Waals surface area contributed by atoms with Crippen molar-refractivity contribution in [2.45, 2.75) is 6.42 Å². The van der Waals surface area contributed by atoms with E-state index in [0.717, 1.165) is 10.2 Å². The quantitative estimate of drug-likeness (QED) is 0.737. The first kappa shape index (κ1) is 9.24. The van der Waals surface area contributed by atoms with Crippen LogP contribution in [-0.4, -0.2) is 16.7 Å². The van der Waals surface area contributed by atoms with Crippen LogP contribution in [0.2, 0.25) is 0 Å². The summed E-state index contributed by atoms with van der Waals surface area (Å²) in [4.78, 5) is 4.05. The number of halogens is 1. The van der Waals surface area contributed by atoms with Crippen molar-refractivity contribution in [1.29, 1.82) is 0 Å². The predicted molar refractivity (Wildman–Crippen MR) is 50.5 cm³/mol. The first-order chi connectivity index (χ1) is 5.83. The topological polar surface area (TPSA) is 33.1 Å². The lowest BCUT2D eigenvalue weighted by molar-refractivity contribution is 0.305. The largest absolute Gasteiger partial charge is 0.395 e. The number of aliphatic hydroxyl groups excluding tert-OH is 1. The SMILES string of the molecule is OCCC#Cc1ccc(Br)cn1. The highest BCUT2D eigenvalue weighted by atomic mass is 79.9. The van der Waals surface area contributed by atoms with Crippen LogP contribution in [0.15, 0.2) is 22.8 Å². The molecule has 1 aromatic rings. The highest BCUT2D eigenvalue weighted by Crippen LogP contribution is 2.06. The van der Waals surface area contributed by atoms with Crippen molar-refractivity contribution in [3.63, 3.8) is 0 Å². The third-order valence-electron chi connectivity index (χ3n) is 1.18. The molecule has 12 heavy (non-hydrogen) atoms. The molecule has 1 heterocycles. The van der Waals surface area contributed by atoms with Crippen LogP contribution in [0.5, 0.6) is 0 Å². The summed E-state index contributed by atoms with van der Waals surface area (Å²) in [7, 11) is 0. The lowest BCUT2D eigenvalue weighted by Crippen LogP contribution is -1.81. The summed E-state index contributed by atoms with van der Waals surface area (Å²) in [5.41, 5.74) is 0.728. The number of aromatic nitrogens is 1. The Balaban J connectivity index is 2.66. The Hall–Kier alpha value is -0.850. The van der Waals surface area contributed by atoms with Crippen molar-refractivity contribution in [3.05, 3.63) is 28.5 Å². The van der Waals surface area contributed by atoms with Gasteiger partial charge in [0.2, 0.25) is 0 Å². The number of rotatable bonds is 1. The van der Waals surface area contributed by atoms with Gasteiger partial charge in [-0.2, -0.15) is 0 Å². The molecule has 1 aromatic heterocycles. The van der Waals surface area contributed by atoms with Gasteiger partial charge in [-0.3, -0.25) is 0 Å². The van der Waals surface area contributed by atoms with Gasteiger partial charge < -0.3 is 5.11 Å². The molecule has 1 rings (SSSR count). The maximum atomic E-state index is 8.46. The Kier molecular flexibility index (Phi) is 3.78. The Morgan fingerprint density at radius 2 is 2.33 bits per heavy atom. The van der Waals surface area contributed by atoms with Gasteiger partial charge in [0.15, 0.2) is 0 Å². The van der Waals surface area contributed by atoms with Gasteiger partial charge in [0.25, 0.3) is 0 Å². The number of hydrogen-bond donors (Lipinski definition) is 1. The van der Waals surface area contributed by atoms with E-state index in [4.69, 9.17) is 5.11 Å². The number of aliphatic hydroxyl groups is 1. The summed E-state index contributed by atoms with van der Waals surface area (Å²) in [6.45, 7) is 0.101. The molecule has 62 valence electrons. The fourth-order valence-electron chi connectivity index (χ4n) is 0.659. The summed E-state index contributed by atoms with van der Waals surface area (Å²) in [5, 5.41) is 8.46. The van der Waals surface area contributed by atoms with E-state index < -0.39 is 0 Å². The third-order valence-corrected chi connectivity index (χ3v) is 1.65. The number of pyridine rings is 1. The van der Waals surface area contributed by atoms with Crippen molar-refractivity contribution in [1.82, 2.24) is 4.98 Å². The summed E-state index contributed by atoms with van der Waals surface area (Å²) >= 11 is 3.28. The second kappa shape index (κ2) is 4.91. The van der Waals surface area contributed by atoms with E-state index in [9.17, 15) is 0 Å². The molecule has 0 saturated heterocycles. The average Bonchev–Trinajstić information content (AvgIpc) is 2.09. The molecule has 0 atom stereocenters. The van der Waals surface area contributed by atoms with Gasteiger partial charge in [0.05, 0.1) is 6.61 Å². The number of nitrogens with zero attached hydrogens (tertiary/aromatic N) is 1. The van der Waals surface area contributed by atoms with E-state index in [-0.39, 0.29) is 6.61 Å². The highest BCUT2D eigenvalue weighted by molar-refractivity contribution is 9.10. The van der Waals surface area contributed by atoms with Gasteiger partial charge in [0, 0.05) is 17.1 Å². The number of hydrogen-bond acceptors (Lipinski definition) is 2. The lowest BCUT2D eigenvalue weighted by Gasteiger charge is -1.88. The van der Waals surface area contributed by atoms with Crippen molar-refractivity contribution in [3.8, 4) is 11.8 Å². The molecule has 0 spiro atoms. The zero-order valence-corrected chi connectivity index (χ0v) is 8.00. The van der Waals surface area contributed by atoms with E-state index in [0.29, 0.717) is 6.42 Å². The second-order valence-electron chi connectivity index (χ2n) is 2.14. The van der Waals surface area contributed by atoms with Crippen LogP contribution in [-0.2, 0) is 0 Å². The highest BCUT2D eigenvalue weighted by Gasteiger charge is 1.87. The maximum Gasteiger partial charge on any atom is 0.113 e. The summed E-state index contributed by atoms with van der Waals surface area (Å²) in [6, 6.07) is 3.71. The molecule has 0 amide bonds. The summed E-state index contributed by atoms with van der Waals surface area (Å²) in [5.74, 6) is 5.62. The molecule has 0 radical (unpaired) electrons. The zero-order valence-electron chi connectivity index (χ0n) is 6.42. The molecule has 0 aliphatic carbocycles. The van der Waals surface area contributed by atoms with Crippen LogP contribution in [0, 0.1) is 11.8 Å². The molecule has 0 unspecified atom stereocenters. The van der Waals surface area contributed by atoms with Crippen LogP contribution >= 0.6 is 15.9 Å². The minimum atomic E-state index is 0.101. The lowest BCUT2D eigenvalue weighted by atomic mass is 10.3. The van der Waals surface area contributed by atoms with Crippen molar-refractivity contribution < 1.29 is 5.11 Å². The second-order valence-corrected chi connectivity index (χ2v) is 3.05.